The van der Waals surface area contributed by atoms with Gasteiger partial charge in [-0.15, -0.1) is 0 Å². The van der Waals surface area contributed by atoms with E-state index in [-0.39, 0.29) is 17.2 Å². The van der Waals surface area contributed by atoms with Crippen LogP contribution >= 0.6 is 24.0 Å². The van der Waals surface area contributed by atoms with Crippen molar-refractivity contribution < 1.29 is 28.2 Å². The molecule has 3 aromatic carbocycles. The molecular weight excluding hydrogens is 477 g/mol. The molecule has 1 heterocycles. The molecule has 0 bridgehead atoms. The first kappa shape index (κ1) is 23.5. The second-order valence-electron chi connectivity index (χ2n) is 7.02. The van der Waals surface area contributed by atoms with E-state index >= 15 is 0 Å². The summed E-state index contributed by atoms with van der Waals surface area (Å²) in [5.74, 6) is -0.167. The number of anilines is 1. The summed E-state index contributed by atoms with van der Waals surface area (Å²) in [7, 11) is 3.01. The number of ether oxygens (including phenoxy) is 3. The molecule has 0 radical (unpaired) electrons. The van der Waals surface area contributed by atoms with Gasteiger partial charge in [0.15, 0.2) is 15.8 Å². The maximum absolute atomic E-state index is 13.1. The number of carbonyl (C=O) groups excluding carboxylic acids is 2. The first-order valence-corrected chi connectivity index (χ1v) is 11.2. The van der Waals surface area contributed by atoms with Crippen molar-refractivity contribution in [2.24, 2.45) is 0 Å². The van der Waals surface area contributed by atoms with E-state index in [1.54, 1.807) is 55.7 Å². The fourth-order valence-corrected chi connectivity index (χ4v) is 4.48. The van der Waals surface area contributed by atoms with Crippen LogP contribution in [0.1, 0.15) is 15.9 Å². The van der Waals surface area contributed by atoms with Gasteiger partial charge in [0.25, 0.3) is 5.91 Å². The molecule has 9 heteroatoms. The zero-order valence-electron chi connectivity index (χ0n) is 18.1. The van der Waals surface area contributed by atoms with Crippen LogP contribution in [0, 0.1) is 5.82 Å². The van der Waals surface area contributed by atoms with Crippen molar-refractivity contribution in [1.29, 1.82) is 0 Å². The molecule has 3 aromatic rings. The Morgan fingerprint density at radius 1 is 0.971 bits per heavy atom. The van der Waals surface area contributed by atoms with E-state index in [1.165, 1.54) is 48.0 Å². The number of thiocarbonyl (C=S) groups is 1. The highest BCUT2D eigenvalue weighted by molar-refractivity contribution is 8.27. The van der Waals surface area contributed by atoms with Crippen molar-refractivity contribution in [2.75, 3.05) is 19.1 Å². The summed E-state index contributed by atoms with van der Waals surface area (Å²) in [6.07, 6.45) is 1.69. The normalized spacial score (nSPS) is 14.4. The highest BCUT2D eigenvalue weighted by atomic mass is 32.2. The molecule has 0 saturated carbocycles. The Bertz CT molecular complexity index is 1290. The smallest absolute Gasteiger partial charge is 0.343 e. The second-order valence-corrected chi connectivity index (χ2v) is 8.70. The largest absolute Gasteiger partial charge is 0.497 e. The highest BCUT2D eigenvalue weighted by Gasteiger charge is 2.33. The summed E-state index contributed by atoms with van der Waals surface area (Å²) in [4.78, 5) is 27.3. The van der Waals surface area contributed by atoms with Gasteiger partial charge in [-0.25, -0.2) is 9.18 Å². The van der Waals surface area contributed by atoms with Gasteiger partial charge in [-0.2, -0.15) is 0 Å². The molecule has 0 aromatic heterocycles. The topological polar surface area (TPSA) is 65.1 Å². The molecule has 6 nitrogen and oxygen atoms in total. The lowest BCUT2D eigenvalue weighted by atomic mass is 10.1. The third kappa shape index (κ3) is 4.95. The lowest BCUT2D eigenvalue weighted by molar-refractivity contribution is -0.113. The van der Waals surface area contributed by atoms with Gasteiger partial charge in [-0.05, 0) is 72.3 Å². The van der Waals surface area contributed by atoms with Crippen molar-refractivity contribution in [3.05, 3.63) is 88.6 Å². The number of hydrogen-bond donors (Lipinski definition) is 0. The van der Waals surface area contributed by atoms with Crippen LogP contribution in [0.15, 0.2) is 71.6 Å². The molecule has 1 saturated heterocycles. The monoisotopic (exact) mass is 495 g/mol. The zero-order chi connectivity index (χ0) is 24.2. The average Bonchev–Trinajstić information content (AvgIpc) is 3.12. The zero-order valence-corrected chi connectivity index (χ0v) is 19.7. The second kappa shape index (κ2) is 10.1. The van der Waals surface area contributed by atoms with Crippen molar-refractivity contribution in [1.82, 2.24) is 0 Å². The number of nitrogens with zero attached hydrogens (tertiary/aromatic N) is 1. The summed E-state index contributed by atoms with van der Waals surface area (Å²) in [5.41, 5.74) is 1.51. The van der Waals surface area contributed by atoms with E-state index in [2.05, 4.69) is 0 Å². The molecule has 34 heavy (non-hydrogen) atoms. The van der Waals surface area contributed by atoms with Gasteiger partial charge >= 0.3 is 5.97 Å². The summed E-state index contributed by atoms with van der Waals surface area (Å²) in [6.45, 7) is 0. The van der Waals surface area contributed by atoms with Gasteiger partial charge in [0.1, 0.15) is 11.6 Å². The van der Waals surface area contributed by atoms with Crippen molar-refractivity contribution in [2.45, 2.75) is 0 Å². The average molecular weight is 496 g/mol. The van der Waals surface area contributed by atoms with Crippen LogP contribution in [-0.4, -0.2) is 30.4 Å². The van der Waals surface area contributed by atoms with Crippen LogP contribution in [0.2, 0.25) is 0 Å². The van der Waals surface area contributed by atoms with E-state index < -0.39 is 11.8 Å². The number of thioether (sulfide) groups is 1. The molecule has 1 fully saturated rings. The molecule has 0 aliphatic carbocycles. The Labute approximate surface area is 204 Å². The molecule has 1 aliphatic rings. The number of halogens is 1. The summed E-state index contributed by atoms with van der Waals surface area (Å²) in [5, 5.41) is 0. The van der Waals surface area contributed by atoms with Gasteiger partial charge < -0.3 is 14.2 Å². The number of benzene rings is 3. The van der Waals surface area contributed by atoms with Crippen LogP contribution in [-0.2, 0) is 4.79 Å². The number of hydrogen-bond acceptors (Lipinski definition) is 7. The van der Waals surface area contributed by atoms with E-state index in [0.717, 1.165) is 0 Å². The Balaban J connectivity index is 1.54. The lowest BCUT2D eigenvalue weighted by Gasteiger charge is -2.14. The van der Waals surface area contributed by atoms with Gasteiger partial charge in [0, 0.05) is 0 Å². The first-order chi connectivity index (χ1) is 16.4. The Morgan fingerprint density at radius 2 is 1.68 bits per heavy atom. The SMILES string of the molecule is COc1ccc(N2C(=O)C(=Cc3ccc(OC(=O)c4ccc(F)cc4)c(OC)c3)SC2=S)cc1. The molecular formula is C25H18FNO5S2. The number of carbonyl (C=O) groups is 2. The Hall–Kier alpha value is -3.69. The summed E-state index contributed by atoms with van der Waals surface area (Å²) < 4.78 is 29.4. The molecule has 0 atom stereocenters. The highest BCUT2D eigenvalue weighted by Crippen LogP contribution is 2.37. The summed E-state index contributed by atoms with van der Waals surface area (Å²) in [6, 6.07) is 17.0. The Kier molecular flexibility index (Phi) is 6.95. The summed E-state index contributed by atoms with van der Waals surface area (Å²) >= 11 is 6.60. The molecule has 0 N–H and O–H groups in total. The van der Waals surface area contributed by atoms with Gasteiger partial charge in [0.05, 0.1) is 30.4 Å². The van der Waals surface area contributed by atoms with Crippen LogP contribution in [0.4, 0.5) is 10.1 Å². The molecule has 1 aliphatic heterocycles. The molecule has 4 rings (SSSR count). The number of amides is 1. The van der Waals surface area contributed by atoms with E-state index in [1.807, 2.05) is 0 Å². The molecule has 0 unspecified atom stereocenters. The minimum Gasteiger partial charge on any atom is -0.497 e. The van der Waals surface area contributed by atoms with Crippen LogP contribution in [0.25, 0.3) is 6.08 Å². The lowest BCUT2D eigenvalue weighted by Crippen LogP contribution is -2.27. The van der Waals surface area contributed by atoms with Crippen LogP contribution in [0.5, 0.6) is 17.2 Å². The van der Waals surface area contributed by atoms with Crippen LogP contribution < -0.4 is 19.1 Å². The van der Waals surface area contributed by atoms with Gasteiger partial charge in [-0.3, -0.25) is 9.69 Å². The molecule has 172 valence electrons. The third-order valence-corrected chi connectivity index (χ3v) is 6.19. The van der Waals surface area contributed by atoms with E-state index in [9.17, 15) is 14.0 Å². The minimum atomic E-state index is -0.647. The predicted octanol–water partition coefficient (Wildman–Crippen LogP) is 5.47. The molecule has 0 spiro atoms. The maximum atomic E-state index is 13.1. The van der Waals surface area contributed by atoms with Gasteiger partial charge in [0.2, 0.25) is 0 Å². The number of rotatable bonds is 6. The van der Waals surface area contributed by atoms with Crippen LogP contribution in [0.3, 0.4) is 0 Å². The fraction of sp³-hybridized carbons (Fsp3) is 0.0800. The Morgan fingerprint density at radius 3 is 2.32 bits per heavy atom. The van der Waals surface area contributed by atoms with E-state index in [0.29, 0.717) is 32.0 Å². The standard InChI is InChI=1S/C25H18FNO5S2/c1-30-19-10-8-18(9-11-19)27-23(28)22(34-25(27)33)14-15-3-12-20(21(13-15)31-2)32-24(29)16-4-6-17(26)7-5-16/h3-14H,1-2H3. The number of esters is 1. The maximum Gasteiger partial charge on any atom is 0.343 e. The van der Waals surface area contributed by atoms with Crippen molar-refractivity contribution in [3.8, 4) is 17.2 Å². The van der Waals surface area contributed by atoms with Gasteiger partial charge in [-0.1, -0.05) is 30.0 Å². The third-order valence-electron chi connectivity index (χ3n) is 4.89. The van der Waals surface area contributed by atoms with E-state index in [4.69, 9.17) is 26.4 Å². The molecule has 1 amide bonds. The first-order valence-electron chi connectivity index (χ1n) is 9.97. The number of methoxy groups -OCH3 is 2. The van der Waals surface area contributed by atoms with Crippen molar-refractivity contribution >= 4 is 51.9 Å². The van der Waals surface area contributed by atoms with Crippen molar-refractivity contribution in [3.63, 3.8) is 0 Å². The quantitative estimate of drug-likeness (QED) is 0.195. The predicted molar refractivity (Wildman–Crippen MR) is 133 cm³/mol. The minimum absolute atomic E-state index is 0.194. The fourth-order valence-electron chi connectivity index (χ4n) is 3.18.